The maximum absolute atomic E-state index is 6.55. The molecule has 2 nitrogen and oxygen atoms in total. The van der Waals surface area contributed by atoms with E-state index in [4.69, 9.17) is 10.5 Å². The lowest BCUT2D eigenvalue weighted by Crippen LogP contribution is -2.23. The highest BCUT2D eigenvalue weighted by Gasteiger charge is 2.32. The number of hydrogen-bond donors (Lipinski definition) is 1. The van der Waals surface area contributed by atoms with Crippen LogP contribution in [0.15, 0.2) is 18.2 Å². The van der Waals surface area contributed by atoms with Crippen molar-refractivity contribution in [2.24, 2.45) is 11.7 Å². The SMILES string of the molecule is CCCC(CCC)C(N)c1ccc2c(c1)C(C)(C)CO2. The Morgan fingerprint density at radius 2 is 1.85 bits per heavy atom. The maximum atomic E-state index is 6.55. The van der Waals surface area contributed by atoms with Gasteiger partial charge in [0.15, 0.2) is 0 Å². The summed E-state index contributed by atoms with van der Waals surface area (Å²) in [6.07, 6.45) is 4.84. The number of rotatable bonds is 6. The zero-order valence-electron chi connectivity index (χ0n) is 13.4. The quantitative estimate of drug-likeness (QED) is 0.825. The molecule has 0 amide bonds. The Bertz CT molecular complexity index is 447. The summed E-state index contributed by atoms with van der Waals surface area (Å²) in [4.78, 5) is 0. The van der Waals surface area contributed by atoms with E-state index in [0.717, 1.165) is 12.4 Å². The van der Waals surface area contributed by atoms with E-state index >= 15 is 0 Å². The molecule has 0 aliphatic carbocycles. The van der Waals surface area contributed by atoms with E-state index in [1.807, 2.05) is 0 Å². The van der Waals surface area contributed by atoms with E-state index in [1.54, 1.807) is 0 Å². The van der Waals surface area contributed by atoms with Gasteiger partial charge >= 0.3 is 0 Å². The molecule has 0 saturated carbocycles. The van der Waals surface area contributed by atoms with E-state index in [1.165, 1.54) is 36.8 Å². The van der Waals surface area contributed by atoms with Crippen molar-refractivity contribution in [2.45, 2.75) is 64.8 Å². The van der Waals surface area contributed by atoms with Gasteiger partial charge in [-0.2, -0.15) is 0 Å². The molecule has 1 aromatic carbocycles. The van der Waals surface area contributed by atoms with Crippen molar-refractivity contribution in [2.75, 3.05) is 6.61 Å². The lowest BCUT2D eigenvalue weighted by molar-refractivity contribution is 0.291. The minimum Gasteiger partial charge on any atom is -0.492 e. The average molecular weight is 275 g/mol. The standard InChI is InChI=1S/C18H29NO/c1-5-7-13(8-6-2)17(19)14-9-10-16-15(11-14)18(3,4)12-20-16/h9-11,13,17H,5-8,12,19H2,1-4H3. The van der Waals surface area contributed by atoms with Crippen LogP contribution in [0.5, 0.6) is 5.75 Å². The van der Waals surface area contributed by atoms with Gasteiger partial charge in [0.1, 0.15) is 5.75 Å². The molecule has 1 atom stereocenters. The molecular formula is C18H29NO. The fraction of sp³-hybridized carbons (Fsp3) is 0.667. The number of ether oxygens (including phenoxy) is 1. The van der Waals surface area contributed by atoms with Crippen molar-refractivity contribution < 1.29 is 4.74 Å². The predicted molar refractivity (Wildman–Crippen MR) is 85.2 cm³/mol. The van der Waals surface area contributed by atoms with Crippen LogP contribution >= 0.6 is 0 Å². The van der Waals surface area contributed by atoms with Gasteiger partial charge in [0.25, 0.3) is 0 Å². The summed E-state index contributed by atoms with van der Waals surface area (Å²) in [5.41, 5.74) is 9.25. The molecule has 2 rings (SSSR count). The maximum Gasteiger partial charge on any atom is 0.123 e. The van der Waals surface area contributed by atoms with E-state index in [0.29, 0.717) is 5.92 Å². The highest BCUT2D eigenvalue weighted by atomic mass is 16.5. The van der Waals surface area contributed by atoms with Gasteiger partial charge in [-0.05, 0) is 36.5 Å². The van der Waals surface area contributed by atoms with Crippen molar-refractivity contribution >= 4 is 0 Å². The van der Waals surface area contributed by atoms with Crippen LogP contribution < -0.4 is 10.5 Å². The van der Waals surface area contributed by atoms with Crippen molar-refractivity contribution in [3.8, 4) is 5.75 Å². The molecule has 1 heterocycles. The van der Waals surface area contributed by atoms with Crippen LogP contribution in [0.2, 0.25) is 0 Å². The largest absolute Gasteiger partial charge is 0.492 e. The molecule has 0 bridgehead atoms. The Balaban J connectivity index is 2.24. The second-order valence-electron chi connectivity index (χ2n) is 6.79. The Kier molecular flexibility index (Phi) is 4.74. The predicted octanol–water partition coefficient (Wildman–Crippen LogP) is 4.57. The van der Waals surface area contributed by atoms with Gasteiger partial charge in [-0.25, -0.2) is 0 Å². The van der Waals surface area contributed by atoms with Gasteiger partial charge in [0.2, 0.25) is 0 Å². The smallest absolute Gasteiger partial charge is 0.123 e. The number of nitrogens with two attached hydrogens (primary N) is 1. The van der Waals surface area contributed by atoms with Crippen LogP contribution in [-0.2, 0) is 5.41 Å². The molecule has 112 valence electrons. The monoisotopic (exact) mass is 275 g/mol. The Morgan fingerprint density at radius 1 is 1.20 bits per heavy atom. The molecule has 1 aromatic rings. The summed E-state index contributed by atoms with van der Waals surface area (Å²) >= 11 is 0. The fourth-order valence-corrected chi connectivity index (χ4v) is 3.26. The molecule has 1 unspecified atom stereocenters. The molecule has 1 aliphatic heterocycles. The summed E-state index contributed by atoms with van der Waals surface area (Å²) in [6.45, 7) is 9.74. The summed E-state index contributed by atoms with van der Waals surface area (Å²) < 4.78 is 5.76. The summed E-state index contributed by atoms with van der Waals surface area (Å²) in [5.74, 6) is 1.63. The third-order valence-corrected chi connectivity index (χ3v) is 4.53. The van der Waals surface area contributed by atoms with Crippen molar-refractivity contribution in [1.82, 2.24) is 0 Å². The molecule has 0 fully saturated rings. The molecule has 0 spiro atoms. The van der Waals surface area contributed by atoms with Crippen molar-refractivity contribution in [1.29, 1.82) is 0 Å². The van der Waals surface area contributed by atoms with Crippen LogP contribution in [0.25, 0.3) is 0 Å². The first-order valence-corrected chi connectivity index (χ1v) is 8.02. The first-order valence-electron chi connectivity index (χ1n) is 8.02. The zero-order chi connectivity index (χ0) is 14.8. The van der Waals surface area contributed by atoms with Gasteiger partial charge in [-0.1, -0.05) is 46.6 Å². The van der Waals surface area contributed by atoms with Crippen molar-refractivity contribution in [3.05, 3.63) is 29.3 Å². The molecule has 0 saturated heterocycles. The topological polar surface area (TPSA) is 35.2 Å². The first kappa shape index (κ1) is 15.4. The van der Waals surface area contributed by atoms with Crippen molar-refractivity contribution in [3.63, 3.8) is 0 Å². The minimum atomic E-state index is 0.107. The molecule has 20 heavy (non-hydrogen) atoms. The Labute approximate surface area is 123 Å². The number of benzene rings is 1. The van der Waals surface area contributed by atoms with E-state index in [9.17, 15) is 0 Å². The summed E-state index contributed by atoms with van der Waals surface area (Å²) in [5, 5.41) is 0. The van der Waals surface area contributed by atoms with E-state index in [2.05, 4.69) is 45.9 Å². The lowest BCUT2D eigenvalue weighted by atomic mass is 9.82. The molecule has 2 N–H and O–H groups in total. The Morgan fingerprint density at radius 3 is 2.45 bits per heavy atom. The first-order chi connectivity index (χ1) is 9.49. The second kappa shape index (κ2) is 6.17. The molecule has 1 aliphatic rings. The van der Waals surface area contributed by atoms with Gasteiger partial charge in [-0.15, -0.1) is 0 Å². The third kappa shape index (κ3) is 3.01. The fourth-order valence-electron chi connectivity index (χ4n) is 3.26. The third-order valence-electron chi connectivity index (χ3n) is 4.53. The van der Waals surface area contributed by atoms with Crippen LogP contribution in [-0.4, -0.2) is 6.61 Å². The second-order valence-corrected chi connectivity index (χ2v) is 6.79. The molecule has 0 aromatic heterocycles. The van der Waals surface area contributed by atoms with Crippen LogP contribution in [0.3, 0.4) is 0 Å². The van der Waals surface area contributed by atoms with Crippen LogP contribution in [0.4, 0.5) is 0 Å². The Hall–Kier alpha value is -1.02. The highest BCUT2D eigenvalue weighted by molar-refractivity contribution is 5.45. The summed E-state index contributed by atoms with van der Waals surface area (Å²) in [6, 6.07) is 6.69. The highest BCUT2D eigenvalue weighted by Crippen LogP contribution is 2.40. The lowest BCUT2D eigenvalue weighted by Gasteiger charge is -2.25. The normalized spacial score (nSPS) is 17.9. The summed E-state index contributed by atoms with van der Waals surface area (Å²) in [7, 11) is 0. The number of fused-ring (bicyclic) bond motifs is 1. The number of hydrogen-bond acceptors (Lipinski definition) is 2. The minimum absolute atomic E-state index is 0.107. The van der Waals surface area contributed by atoms with E-state index < -0.39 is 0 Å². The molecular weight excluding hydrogens is 246 g/mol. The van der Waals surface area contributed by atoms with Gasteiger partial charge in [0, 0.05) is 17.0 Å². The average Bonchev–Trinajstić information content (AvgIpc) is 2.73. The van der Waals surface area contributed by atoms with Gasteiger partial charge in [-0.3, -0.25) is 0 Å². The van der Waals surface area contributed by atoms with Crippen LogP contribution in [0.1, 0.15) is 70.5 Å². The zero-order valence-corrected chi connectivity index (χ0v) is 13.4. The van der Waals surface area contributed by atoms with Crippen LogP contribution in [0, 0.1) is 5.92 Å². The van der Waals surface area contributed by atoms with Gasteiger partial charge in [0.05, 0.1) is 6.61 Å². The molecule has 0 radical (unpaired) electrons. The molecule has 2 heteroatoms. The van der Waals surface area contributed by atoms with E-state index in [-0.39, 0.29) is 11.5 Å². The van der Waals surface area contributed by atoms with Gasteiger partial charge < -0.3 is 10.5 Å².